The van der Waals surface area contributed by atoms with Crippen molar-refractivity contribution in [2.24, 2.45) is 7.05 Å². The first-order chi connectivity index (χ1) is 13.7. The second-order valence-corrected chi connectivity index (χ2v) is 8.76. The molecule has 0 bridgehead atoms. The van der Waals surface area contributed by atoms with Gasteiger partial charge in [0, 0.05) is 53.5 Å². The molecule has 0 aliphatic heterocycles. The minimum Gasteiger partial charge on any atom is -0.384 e. The highest BCUT2D eigenvalue weighted by atomic mass is 35.5. The molecule has 2 aromatic carbocycles. The zero-order chi connectivity index (χ0) is 21.2. The van der Waals surface area contributed by atoms with E-state index in [0.29, 0.717) is 16.4 Å². The van der Waals surface area contributed by atoms with Gasteiger partial charge in [0.05, 0.1) is 6.26 Å². The lowest BCUT2D eigenvalue weighted by Gasteiger charge is -2.16. The van der Waals surface area contributed by atoms with Gasteiger partial charge in [-0.3, -0.25) is 9.52 Å². The molecule has 3 rings (SSSR count). The predicted molar refractivity (Wildman–Crippen MR) is 120 cm³/mol. The second kappa shape index (κ2) is 8.18. The second-order valence-electron chi connectivity index (χ2n) is 6.57. The van der Waals surface area contributed by atoms with Crippen LogP contribution in [0.1, 0.15) is 0 Å². The molecule has 0 radical (unpaired) electrons. The first kappa shape index (κ1) is 20.8. The van der Waals surface area contributed by atoms with Gasteiger partial charge in [0.25, 0.3) is 5.56 Å². The number of halogens is 1. The molecule has 3 N–H and O–H groups in total. The Bertz CT molecular complexity index is 1210. The third-order valence-electron chi connectivity index (χ3n) is 4.21. The quantitative estimate of drug-likeness (QED) is 0.550. The molecular weight excluding hydrogens is 412 g/mol. The lowest BCUT2D eigenvalue weighted by molar-refractivity contribution is 0.607. The SMILES string of the molecule is CNc1cc(-c2cc(NS(C)(=O)=O)ccc2Nc2ccc(Cl)cc2)cn(C)c1=O. The highest BCUT2D eigenvalue weighted by Crippen LogP contribution is 2.34. The van der Waals surface area contributed by atoms with Gasteiger partial charge in [0.1, 0.15) is 5.69 Å². The fourth-order valence-electron chi connectivity index (χ4n) is 2.90. The van der Waals surface area contributed by atoms with Crippen molar-refractivity contribution < 1.29 is 8.42 Å². The van der Waals surface area contributed by atoms with Crippen LogP contribution in [0, 0.1) is 0 Å². The zero-order valence-corrected chi connectivity index (χ0v) is 17.7. The first-order valence-electron chi connectivity index (χ1n) is 8.69. The molecule has 0 saturated carbocycles. The number of nitrogens with zero attached hydrogens (tertiary/aromatic N) is 1. The average molecular weight is 433 g/mol. The van der Waals surface area contributed by atoms with E-state index in [1.54, 1.807) is 56.7 Å². The van der Waals surface area contributed by atoms with Crippen LogP contribution in [0.2, 0.25) is 5.02 Å². The van der Waals surface area contributed by atoms with Crippen LogP contribution in [0.25, 0.3) is 11.1 Å². The van der Waals surface area contributed by atoms with E-state index in [4.69, 9.17) is 11.6 Å². The van der Waals surface area contributed by atoms with Gasteiger partial charge in [-0.1, -0.05) is 11.6 Å². The summed E-state index contributed by atoms with van der Waals surface area (Å²) in [5.41, 5.74) is 3.72. The Kier molecular flexibility index (Phi) is 5.86. The van der Waals surface area contributed by atoms with Crippen LogP contribution in [0.3, 0.4) is 0 Å². The fraction of sp³-hybridized carbons (Fsp3) is 0.150. The van der Waals surface area contributed by atoms with Crippen LogP contribution in [-0.2, 0) is 17.1 Å². The molecule has 0 atom stereocenters. The molecule has 7 nitrogen and oxygen atoms in total. The van der Waals surface area contributed by atoms with Gasteiger partial charge in [-0.2, -0.15) is 0 Å². The van der Waals surface area contributed by atoms with E-state index in [9.17, 15) is 13.2 Å². The number of aryl methyl sites for hydroxylation is 1. The summed E-state index contributed by atoms with van der Waals surface area (Å²) in [5, 5.41) is 6.84. The number of hydrogen-bond donors (Lipinski definition) is 3. The Hall–Kier alpha value is -2.97. The van der Waals surface area contributed by atoms with Crippen molar-refractivity contribution >= 4 is 44.4 Å². The number of aromatic nitrogens is 1. The van der Waals surface area contributed by atoms with E-state index in [0.717, 1.165) is 28.8 Å². The normalized spacial score (nSPS) is 11.2. The van der Waals surface area contributed by atoms with E-state index in [1.807, 2.05) is 12.1 Å². The molecule has 152 valence electrons. The minimum absolute atomic E-state index is 0.158. The summed E-state index contributed by atoms with van der Waals surface area (Å²) in [7, 11) is -0.0931. The van der Waals surface area contributed by atoms with Crippen molar-refractivity contribution in [2.45, 2.75) is 0 Å². The van der Waals surface area contributed by atoms with Crippen LogP contribution in [0.15, 0.2) is 59.5 Å². The minimum atomic E-state index is -3.43. The molecular formula is C20H21ClN4O3S. The van der Waals surface area contributed by atoms with Gasteiger partial charge in [0.15, 0.2) is 0 Å². The number of nitrogens with one attached hydrogen (secondary N) is 3. The fourth-order valence-corrected chi connectivity index (χ4v) is 3.58. The van der Waals surface area contributed by atoms with Crippen molar-refractivity contribution in [1.82, 2.24) is 4.57 Å². The zero-order valence-electron chi connectivity index (χ0n) is 16.2. The molecule has 0 amide bonds. The molecule has 9 heteroatoms. The number of hydrogen-bond acceptors (Lipinski definition) is 5. The van der Waals surface area contributed by atoms with Gasteiger partial charge >= 0.3 is 0 Å². The Labute approximate surface area is 174 Å². The number of anilines is 4. The van der Waals surface area contributed by atoms with Crippen LogP contribution < -0.4 is 20.9 Å². The van der Waals surface area contributed by atoms with Crippen LogP contribution >= 0.6 is 11.6 Å². The van der Waals surface area contributed by atoms with Crippen molar-refractivity contribution in [3.63, 3.8) is 0 Å². The lowest BCUT2D eigenvalue weighted by atomic mass is 10.0. The number of rotatable bonds is 6. The molecule has 0 saturated heterocycles. The third kappa shape index (κ3) is 5.10. The van der Waals surface area contributed by atoms with Crippen LogP contribution in [-0.4, -0.2) is 26.3 Å². The number of pyridine rings is 1. The van der Waals surface area contributed by atoms with E-state index >= 15 is 0 Å². The number of sulfonamides is 1. The van der Waals surface area contributed by atoms with Crippen molar-refractivity contribution in [1.29, 1.82) is 0 Å². The Morgan fingerprint density at radius 1 is 0.966 bits per heavy atom. The molecule has 0 spiro atoms. The van der Waals surface area contributed by atoms with Crippen molar-refractivity contribution in [3.05, 3.63) is 70.1 Å². The molecule has 29 heavy (non-hydrogen) atoms. The maximum absolute atomic E-state index is 12.2. The van der Waals surface area contributed by atoms with E-state index in [-0.39, 0.29) is 5.56 Å². The smallest absolute Gasteiger partial charge is 0.273 e. The van der Waals surface area contributed by atoms with Gasteiger partial charge in [-0.05, 0) is 48.5 Å². The summed E-state index contributed by atoms with van der Waals surface area (Å²) in [6.45, 7) is 0. The molecule has 0 fully saturated rings. The third-order valence-corrected chi connectivity index (χ3v) is 5.07. The molecule has 3 aromatic rings. The van der Waals surface area contributed by atoms with E-state index in [2.05, 4.69) is 15.4 Å². The summed E-state index contributed by atoms with van der Waals surface area (Å²) >= 11 is 5.96. The maximum Gasteiger partial charge on any atom is 0.273 e. The van der Waals surface area contributed by atoms with Gasteiger partial charge in [-0.25, -0.2) is 8.42 Å². The Balaban J connectivity index is 2.15. The standard InChI is InChI=1S/C20H21ClN4O3S/c1-22-19-10-13(12-25(2)20(19)26)17-11-16(24-29(3,27)28)8-9-18(17)23-15-6-4-14(21)5-7-15/h4-12,22-24H,1-3H3. The van der Waals surface area contributed by atoms with Gasteiger partial charge < -0.3 is 15.2 Å². The highest BCUT2D eigenvalue weighted by Gasteiger charge is 2.12. The molecule has 0 aliphatic rings. The monoisotopic (exact) mass is 432 g/mol. The van der Waals surface area contributed by atoms with E-state index in [1.165, 1.54) is 4.57 Å². The van der Waals surface area contributed by atoms with Crippen LogP contribution in [0.5, 0.6) is 0 Å². The molecule has 1 heterocycles. The first-order valence-corrected chi connectivity index (χ1v) is 11.0. The summed E-state index contributed by atoms with van der Waals surface area (Å²) in [6.07, 6.45) is 2.80. The summed E-state index contributed by atoms with van der Waals surface area (Å²) in [5.74, 6) is 0. The number of benzene rings is 2. The van der Waals surface area contributed by atoms with Crippen molar-refractivity contribution in [2.75, 3.05) is 28.7 Å². The molecule has 0 unspecified atom stereocenters. The molecule has 1 aromatic heterocycles. The Morgan fingerprint density at radius 3 is 2.24 bits per heavy atom. The average Bonchev–Trinajstić information content (AvgIpc) is 2.65. The maximum atomic E-state index is 12.2. The van der Waals surface area contributed by atoms with Crippen molar-refractivity contribution in [3.8, 4) is 11.1 Å². The summed E-state index contributed by atoms with van der Waals surface area (Å²) in [4.78, 5) is 12.2. The largest absolute Gasteiger partial charge is 0.384 e. The highest BCUT2D eigenvalue weighted by molar-refractivity contribution is 7.92. The van der Waals surface area contributed by atoms with Crippen LogP contribution in [0.4, 0.5) is 22.7 Å². The summed E-state index contributed by atoms with van der Waals surface area (Å²) < 4.78 is 27.3. The topological polar surface area (TPSA) is 92.2 Å². The lowest BCUT2D eigenvalue weighted by Crippen LogP contribution is -2.19. The summed E-state index contributed by atoms with van der Waals surface area (Å²) in [6, 6.07) is 14.1. The molecule has 0 aliphatic carbocycles. The predicted octanol–water partition coefficient (Wildman–Crippen LogP) is 3.86. The Morgan fingerprint density at radius 2 is 1.62 bits per heavy atom. The van der Waals surface area contributed by atoms with Gasteiger partial charge in [0.2, 0.25) is 10.0 Å². The van der Waals surface area contributed by atoms with E-state index < -0.39 is 10.0 Å². The van der Waals surface area contributed by atoms with Gasteiger partial charge in [-0.15, -0.1) is 0 Å².